The van der Waals surface area contributed by atoms with Crippen molar-refractivity contribution in [3.8, 4) is 0 Å². The Hall–Kier alpha value is -1.14. The Morgan fingerprint density at radius 2 is 1.58 bits per heavy atom. The van der Waals surface area contributed by atoms with Crippen molar-refractivity contribution in [1.29, 1.82) is 0 Å². The molecule has 0 aliphatic heterocycles. The van der Waals surface area contributed by atoms with E-state index in [-0.39, 0.29) is 0 Å². The van der Waals surface area contributed by atoms with Crippen LogP contribution in [0.25, 0.3) is 0 Å². The van der Waals surface area contributed by atoms with Gasteiger partial charge in [0.25, 0.3) is 0 Å². The molecule has 4 heteroatoms. The molecule has 0 amide bonds. The minimum atomic E-state index is 0.616. The number of halogens is 1. The van der Waals surface area contributed by atoms with Crippen molar-refractivity contribution >= 4 is 51.3 Å². The summed E-state index contributed by atoms with van der Waals surface area (Å²) in [6, 6.07) is 16.3. The fourth-order valence-corrected chi connectivity index (χ4v) is 2.53. The van der Waals surface area contributed by atoms with E-state index >= 15 is 0 Å². The fraction of sp³-hybridized carbons (Fsp3) is 0.133. The summed E-state index contributed by atoms with van der Waals surface area (Å²) in [7, 11) is 0. The molecule has 0 heterocycles. The van der Waals surface area contributed by atoms with Crippen molar-refractivity contribution in [3.63, 3.8) is 0 Å². The Morgan fingerprint density at radius 3 is 2.26 bits per heavy atom. The number of benzene rings is 2. The molecule has 0 bridgehead atoms. The first-order valence-electron chi connectivity index (χ1n) is 6.11. The molecule has 0 aliphatic carbocycles. The monoisotopic (exact) mass is 382 g/mol. The van der Waals surface area contributed by atoms with Crippen LogP contribution in [0.2, 0.25) is 0 Å². The normalized spacial score (nSPS) is 10.0. The van der Waals surface area contributed by atoms with Crippen LogP contribution in [0.15, 0.2) is 48.5 Å². The molecule has 0 aliphatic rings. The van der Waals surface area contributed by atoms with Crippen molar-refractivity contribution in [1.82, 2.24) is 0 Å². The zero-order valence-electron chi connectivity index (χ0n) is 10.6. The summed E-state index contributed by atoms with van der Waals surface area (Å²) >= 11 is 7.65. The topological polar surface area (TPSA) is 24.1 Å². The van der Waals surface area contributed by atoms with Gasteiger partial charge >= 0.3 is 0 Å². The van der Waals surface area contributed by atoms with Gasteiger partial charge in [0.05, 0.1) is 5.69 Å². The minimum absolute atomic E-state index is 0.616. The molecule has 2 N–H and O–H groups in total. The number of hydrogen-bond donors (Lipinski definition) is 2. The maximum absolute atomic E-state index is 5.36. The molecule has 2 aromatic carbocycles. The van der Waals surface area contributed by atoms with Crippen LogP contribution >= 0.6 is 34.8 Å². The molecule has 98 valence electrons. The van der Waals surface area contributed by atoms with Gasteiger partial charge < -0.3 is 10.6 Å². The standard InChI is InChI=1S/C15H15IN2S/c1-2-11-7-3-5-9-13(11)17-15(19)18-14-10-6-4-8-12(14)16/h3-10H,2H2,1H3,(H2,17,18,19). The van der Waals surface area contributed by atoms with Crippen LogP contribution in [0.5, 0.6) is 0 Å². The van der Waals surface area contributed by atoms with Crippen LogP contribution in [0, 0.1) is 3.57 Å². The van der Waals surface area contributed by atoms with Gasteiger partial charge in [0.2, 0.25) is 0 Å². The third kappa shape index (κ3) is 3.91. The number of para-hydroxylation sites is 2. The third-order valence-corrected chi connectivity index (χ3v) is 3.91. The van der Waals surface area contributed by atoms with Crippen LogP contribution < -0.4 is 10.6 Å². The smallest absolute Gasteiger partial charge is 0.175 e. The molecule has 0 saturated carbocycles. The predicted octanol–water partition coefficient (Wildman–Crippen LogP) is 4.66. The van der Waals surface area contributed by atoms with Gasteiger partial charge in [-0.25, -0.2) is 0 Å². The van der Waals surface area contributed by atoms with Gasteiger partial charge in [-0.05, 0) is 65.0 Å². The van der Waals surface area contributed by atoms with Crippen LogP contribution in [0.3, 0.4) is 0 Å². The summed E-state index contributed by atoms with van der Waals surface area (Å²) in [5, 5.41) is 7.09. The molecule has 2 rings (SSSR count). The number of thiocarbonyl (C=S) groups is 1. The lowest BCUT2D eigenvalue weighted by molar-refractivity contribution is 1.14. The lowest BCUT2D eigenvalue weighted by Gasteiger charge is -2.14. The average Bonchev–Trinajstić information content (AvgIpc) is 2.42. The molecular formula is C15H15IN2S. The molecule has 0 radical (unpaired) electrons. The van der Waals surface area contributed by atoms with Gasteiger partial charge in [-0.15, -0.1) is 0 Å². The highest BCUT2D eigenvalue weighted by atomic mass is 127. The molecule has 0 fully saturated rings. The average molecular weight is 382 g/mol. The Balaban J connectivity index is 2.08. The van der Waals surface area contributed by atoms with Crippen molar-refractivity contribution in [2.45, 2.75) is 13.3 Å². The number of hydrogen-bond acceptors (Lipinski definition) is 1. The van der Waals surface area contributed by atoms with E-state index in [0.717, 1.165) is 21.4 Å². The number of rotatable bonds is 3. The Labute approximate surface area is 132 Å². The van der Waals surface area contributed by atoms with E-state index in [1.165, 1.54) is 5.56 Å². The van der Waals surface area contributed by atoms with E-state index in [2.05, 4.69) is 46.2 Å². The molecule has 2 nitrogen and oxygen atoms in total. The van der Waals surface area contributed by atoms with Gasteiger partial charge in [-0.2, -0.15) is 0 Å². The summed E-state index contributed by atoms with van der Waals surface area (Å²) in [5.74, 6) is 0. The molecule has 0 atom stereocenters. The van der Waals surface area contributed by atoms with E-state index in [1.807, 2.05) is 42.5 Å². The van der Waals surface area contributed by atoms with E-state index in [1.54, 1.807) is 0 Å². The molecular weight excluding hydrogens is 367 g/mol. The molecule has 2 aromatic rings. The molecule has 0 spiro atoms. The van der Waals surface area contributed by atoms with Crippen LogP contribution in [-0.2, 0) is 6.42 Å². The maximum atomic E-state index is 5.36. The largest absolute Gasteiger partial charge is 0.332 e. The quantitative estimate of drug-likeness (QED) is 0.596. The fourth-order valence-electron chi connectivity index (χ4n) is 1.79. The third-order valence-electron chi connectivity index (χ3n) is 2.77. The number of aryl methyl sites for hydroxylation is 1. The Kier molecular flexibility index (Phi) is 5.15. The van der Waals surface area contributed by atoms with Crippen LogP contribution in [0.1, 0.15) is 12.5 Å². The molecule has 19 heavy (non-hydrogen) atoms. The van der Waals surface area contributed by atoms with Gasteiger partial charge in [0.1, 0.15) is 0 Å². The van der Waals surface area contributed by atoms with E-state index in [9.17, 15) is 0 Å². The Bertz CT molecular complexity index is 584. The minimum Gasteiger partial charge on any atom is -0.332 e. The Morgan fingerprint density at radius 1 is 1.00 bits per heavy atom. The summed E-state index contributed by atoms with van der Waals surface area (Å²) in [5.41, 5.74) is 3.34. The lowest BCUT2D eigenvalue weighted by Crippen LogP contribution is -2.20. The number of anilines is 2. The van der Waals surface area contributed by atoms with Crippen molar-refractivity contribution in [2.75, 3.05) is 10.6 Å². The molecule has 0 aromatic heterocycles. The highest BCUT2D eigenvalue weighted by Crippen LogP contribution is 2.19. The van der Waals surface area contributed by atoms with Crippen LogP contribution in [0.4, 0.5) is 11.4 Å². The SMILES string of the molecule is CCc1ccccc1NC(=S)Nc1ccccc1I. The highest BCUT2D eigenvalue weighted by molar-refractivity contribution is 14.1. The van der Waals surface area contributed by atoms with Gasteiger partial charge in [-0.1, -0.05) is 37.3 Å². The highest BCUT2D eigenvalue weighted by Gasteiger charge is 2.04. The first-order valence-corrected chi connectivity index (χ1v) is 7.60. The number of nitrogens with one attached hydrogen (secondary N) is 2. The van der Waals surface area contributed by atoms with Crippen molar-refractivity contribution in [3.05, 3.63) is 57.7 Å². The van der Waals surface area contributed by atoms with E-state index in [4.69, 9.17) is 12.2 Å². The van der Waals surface area contributed by atoms with Crippen LogP contribution in [-0.4, -0.2) is 5.11 Å². The zero-order chi connectivity index (χ0) is 13.7. The maximum Gasteiger partial charge on any atom is 0.175 e. The zero-order valence-corrected chi connectivity index (χ0v) is 13.6. The van der Waals surface area contributed by atoms with Crippen molar-refractivity contribution in [2.24, 2.45) is 0 Å². The van der Waals surface area contributed by atoms with Gasteiger partial charge in [0, 0.05) is 9.26 Å². The van der Waals surface area contributed by atoms with E-state index in [0.29, 0.717) is 5.11 Å². The second kappa shape index (κ2) is 6.86. The summed E-state index contributed by atoms with van der Waals surface area (Å²) < 4.78 is 1.15. The molecule has 0 unspecified atom stereocenters. The van der Waals surface area contributed by atoms with Gasteiger partial charge in [0.15, 0.2) is 5.11 Å². The van der Waals surface area contributed by atoms with Crippen molar-refractivity contribution < 1.29 is 0 Å². The first kappa shape index (κ1) is 14.3. The summed E-state index contributed by atoms with van der Waals surface area (Å²) in [6.07, 6.45) is 0.981. The second-order valence-electron chi connectivity index (χ2n) is 4.07. The summed E-state index contributed by atoms with van der Waals surface area (Å²) in [4.78, 5) is 0. The lowest BCUT2D eigenvalue weighted by atomic mass is 10.1. The summed E-state index contributed by atoms with van der Waals surface area (Å²) in [6.45, 7) is 2.14. The second-order valence-corrected chi connectivity index (χ2v) is 5.64. The van der Waals surface area contributed by atoms with E-state index < -0.39 is 0 Å². The molecule has 0 saturated heterocycles. The predicted molar refractivity (Wildman–Crippen MR) is 94.8 cm³/mol. The van der Waals surface area contributed by atoms with Gasteiger partial charge in [-0.3, -0.25) is 0 Å². The first-order chi connectivity index (χ1) is 9.20.